The van der Waals surface area contributed by atoms with Gasteiger partial charge in [-0.15, -0.1) is 0 Å². The van der Waals surface area contributed by atoms with E-state index >= 15 is 0 Å². The Morgan fingerprint density at radius 2 is 2.00 bits per heavy atom. The Hall–Kier alpha value is -1.56. The molecule has 3 N–H and O–H groups in total. The summed E-state index contributed by atoms with van der Waals surface area (Å²) in [7, 11) is -3.56. The molecular formula is C9H12N2O3S. The number of carbonyl (C=O) groups excluding carboxylic acids is 1. The van der Waals surface area contributed by atoms with Crippen molar-refractivity contribution in [2.75, 3.05) is 12.0 Å². The van der Waals surface area contributed by atoms with Crippen molar-refractivity contribution in [3.8, 4) is 0 Å². The Bertz CT molecular complexity index is 494. The van der Waals surface area contributed by atoms with E-state index in [1.807, 2.05) is 4.72 Å². The van der Waals surface area contributed by atoms with Crippen molar-refractivity contribution in [1.82, 2.24) is 4.72 Å². The van der Waals surface area contributed by atoms with Gasteiger partial charge < -0.3 is 5.73 Å². The second kappa shape index (κ2) is 3.90. The molecule has 0 fully saturated rings. The van der Waals surface area contributed by atoms with Crippen LogP contribution in [0.1, 0.15) is 15.9 Å². The van der Waals surface area contributed by atoms with Gasteiger partial charge in [0.05, 0.1) is 11.8 Å². The third-order valence-electron chi connectivity index (χ3n) is 1.73. The summed E-state index contributed by atoms with van der Waals surface area (Å²) >= 11 is 0. The van der Waals surface area contributed by atoms with Crippen LogP contribution in [0, 0.1) is 6.92 Å². The van der Waals surface area contributed by atoms with E-state index in [1.165, 1.54) is 6.07 Å². The number of carbonyl (C=O) groups is 1. The maximum atomic E-state index is 11.5. The fourth-order valence-corrected chi connectivity index (χ4v) is 1.54. The number of rotatable bonds is 2. The summed E-state index contributed by atoms with van der Waals surface area (Å²) < 4.78 is 23.5. The van der Waals surface area contributed by atoms with Crippen molar-refractivity contribution >= 4 is 21.6 Å². The number of anilines is 1. The van der Waals surface area contributed by atoms with Gasteiger partial charge >= 0.3 is 0 Å². The van der Waals surface area contributed by atoms with Crippen LogP contribution in [-0.4, -0.2) is 20.6 Å². The third kappa shape index (κ3) is 3.25. The molecule has 0 spiro atoms. The molecule has 0 aromatic heterocycles. The smallest absolute Gasteiger partial charge is 0.266 e. The number of hydrogen-bond donors (Lipinski definition) is 2. The number of aryl methyl sites for hydroxylation is 1. The first-order valence-electron chi connectivity index (χ1n) is 4.18. The summed E-state index contributed by atoms with van der Waals surface area (Å²) in [5.41, 5.74) is 6.81. The summed E-state index contributed by atoms with van der Waals surface area (Å²) in [5.74, 6) is -0.710. The topological polar surface area (TPSA) is 89.3 Å². The number of sulfonamides is 1. The molecule has 5 nitrogen and oxygen atoms in total. The molecule has 0 saturated carbocycles. The minimum atomic E-state index is -3.56. The van der Waals surface area contributed by atoms with E-state index in [1.54, 1.807) is 19.1 Å². The fourth-order valence-electron chi connectivity index (χ4n) is 1.09. The Morgan fingerprint density at radius 3 is 2.53 bits per heavy atom. The number of nitrogens with one attached hydrogen (secondary N) is 1. The molecule has 0 radical (unpaired) electrons. The lowest BCUT2D eigenvalue weighted by Gasteiger charge is -2.06. The van der Waals surface area contributed by atoms with E-state index in [0.717, 1.165) is 11.8 Å². The minimum Gasteiger partial charge on any atom is -0.398 e. The molecule has 0 atom stereocenters. The molecule has 1 rings (SSSR count). The molecule has 0 saturated heterocycles. The van der Waals surface area contributed by atoms with Crippen molar-refractivity contribution < 1.29 is 13.2 Å². The van der Waals surface area contributed by atoms with Crippen LogP contribution in [0.15, 0.2) is 18.2 Å². The van der Waals surface area contributed by atoms with E-state index in [-0.39, 0.29) is 11.3 Å². The molecule has 0 bridgehead atoms. The predicted molar refractivity (Wildman–Crippen MR) is 57.9 cm³/mol. The lowest BCUT2D eigenvalue weighted by atomic mass is 10.1. The van der Waals surface area contributed by atoms with Gasteiger partial charge in [-0.3, -0.25) is 4.79 Å². The van der Waals surface area contributed by atoms with Gasteiger partial charge in [0.2, 0.25) is 10.0 Å². The SMILES string of the molecule is Cc1ccc(N)c(C(=O)NS(C)(=O)=O)c1. The molecule has 15 heavy (non-hydrogen) atoms. The quantitative estimate of drug-likeness (QED) is 0.711. The lowest BCUT2D eigenvalue weighted by molar-refractivity contribution is 0.0982. The maximum Gasteiger partial charge on any atom is 0.266 e. The molecular weight excluding hydrogens is 216 g/mol. The van der Waals surface area contributed by atoms with E-state index in [0.29, 0.717) is 0 Å². The normalized spacial score (nSPS) is 11.1. The van der Waals surface area contributed by atoms with Gasteiger partial charge in [-0.25, -0.2) is 13.1 Å². The highest BCUT2D eigenvalue weighted by molar-refractivity contribution is 7.89. The average Bonchev–Trinajstić information content (AvgIpc) is 2.06. The highest BCUT2D eigenvalue weighted by atomic mass is 32.2. The third-order valence-corrected chi connectivity index (χ3v) is 2.29. The maximum absolute atomic E-state index is 11.5. The van der Waals surface area contributed by atoms with Crippen molar-refractivity contribution in [3.05, 3.63) is 29.3 Å². The zero-order valence-corrected chi connectivity index (χ0v) is 9.26. The Labute approximate surface area is 88.3 Å². The largest absolute Gasteiger partial charge is 0.398 e. The van der Waals surface area contributed by atoms with Crippen molar-refractivity contribution in [3.63, 3.8) is 0 Å². The highest BCUT2D eigenvalue weighted by Crippen LogP contribution is 2.13. The van der Waals surface area contributed by atoms with Crippen LogP contribution in [0.2, 0.25) is 0 Å². The molecule has 0 heterocycles. The van der Waals surface area contributed by atoms with Gasteiger partial charge in [-0.1, -0.05) is 11.6 Å². The average molecular weight is 228 g/mol. The molecule has 0 unspecified atom stereocenters. The molecule has 0 aliphatic carbocycles. The van der Waals surface area contributed by atoms with Crippen molar-refractivity contribution in [2.45, 2.75) is 6.92 Å². The summed E-state index contributed by atoms with van der Waals surface area (Å²) in [5, 5.41) is 0. The van der Waals surface area contributed by atoms with Crippen LogP contribution >= 0.6 is 0 Å². The van der Waals surface area contributed by atoms with E-state index in [9.17, 15) is 13.2 Å². The zero-order chi connectivity index (χ0) is 11.6. The van der Waals surface area contributed by atoms with Crippen molar-refractivity contribution in [1.29, 1.82) is 0 Å². The minimum absolute atomic E-state index is 0.167. The summed E-state index contributed by atoms with van der Waals surface area (Å²) in [6, 6.07) is 4.84. The zero-order valence-electron chi connectivity index (χ0n) is 8.44. The van der Waals surface area contributed by atoms with Crippen molar-refractivity contribution in [2.24, 2.45) is 0 Å². The number of nitrogen functional groups attached to an aromatic ring is 1. The summed E-state index contributed by atoms with van der Waals surface area (Å²) in [6.07, 6.45) is 0.914. The van der Waals surface area contributed by atoms with E-state index < -0.39 is 15.9 Å². The van der Waals surface area contributed by atoms with Crippen LogP contribution in [0.5, 0.6) is 0 Å². The van der Waals surface area contributed by atoms with Crippen LogP contribution in [-0.2, 0) is 10.0 Å². The second-order valence-corrected chi connectivity index (χ2v) is 5.04. The fraction of sp³-hybridized carbons (Fsp3) is 0.222. The van der Waals surface area contributed by atoms with Gasteiger partial charge in [-0.2, -0.15) is 0 Å². The first-order valence-corrected chi connectivity index (χ1v) is 6.07. The number of nitrogens with two attached hydrogens (primary N) is 1. The Balaban J connectivity index is 3.06. The second-order valence-electron chi connectivity index (χ2n) is 3.29. The molecule has 82 valence electrons. The summed E-state index contributed by atoms with van der Waals surface area (Å²) in [4.78, 5) is 11.5. The van der Waals surface area contributed by atoms with Crippen LogP contribution in [0.3, 0.4) is 0 Å². The number of hydrogen-bond acceptors (Lipinski definition) is 4. The van der Waals surface area contributed by atoms with Gasteiger partial charge in [0.1, 0.15) is 0 Å². The molecule has 1 aromatic carbocycles. The first kappa shape index (κ1) is 11.5. The van der Waals surface area contributed by atoms with Gasteiger partial charge in [0, 0.05) is 5.69 Å². The predicted octanol–water partition coefficient (Wildman–Crippen LogP) is 0.267. The molecule has 0 aliphatic heterocycles. The number of benzene rings is 1. The van der Waals surface area contributed by atoms with Gasteiger partial charge in [-0.05, 0) is 19.1 Å². The highest BCUT2D eigenvalue weighted by Gasteiger charge is 2.13. The molecule has 6 heteroatoms. The molecule has 0 aliphatic rings. The lowest BCUT2D eigenvalue weighted by Crippen LogP contribution is -2.29. The first-order chi connectivity index (χ1) is 6.79. The van der Waals surface area contributed by atoms with Crippen LogP contribution < -0.4 is 10.5 Å². The van der Waals surface area contributed by atoms with Gasteiger partial charge in [0.15, 0.2) is 0 Å². The monoisotopic (exact) mass is 228 g/mol. The van der Waals surface area contributed by atoms with Crippen LogP contribution in [0.4, 0.5) is 5.69 Å². The van der Waals surface area contributed by atoms with E-state index in [4.69, 9.17) is 5.73 Å². The molecule has 1 aromatic rings. The Morgan fingerprint density at radius 1 is 1.40 bits per heavy atom. The number of amides is 1. The van der Waals surface area contributed by atoms with Crippen LogP contribution in [0.25, 0.3) is 0 Å². The molecule has 1 amide bonds. The van der Waals surface area contributed by atoms with E-state index in [2.05, 4.69) is 0 Å². The van der Waals surface area contributed by atoms with Gasteiger partial charge in [0.25, 0.3) is 5.91 Å². The summed E-state index contributed by atoms with van der Waals surface area (Å²) in [6.45, 7) is 1.79. The Kier molecular flexibility index (Phi) is 2.99. The standard InChI is InChI=1S/C9H12N2O3S/c1-6-3-4-8(10)7(5-6)9(12)11-15(2,13)14/h3-5H,10H2,1-2H3,(H,11,12).